The summed E-state index contributed by atoms with van der Waals surface area (Å²) in [5, 5.41) is 12.6. The fraction of sp³-hybridized carbons (Fsp3) is 0.562. The van der Waals surface area contributed by atoms with Crippen LogP contribution in [-0.4, -0.2) is 24.2 Å². The zero-order valence-electron chi connectivity index (χ0n) is 12.2. The van der Waals surface area contributed by atoms with Gasteiger partial charge in [-0.1, -0.05) is 52.0 Å². The molecule has 0 aliphatic carbocycles. The van der Waals surface area contributed by atoms with Crippen LogP contribution in [-0.2, 0) is 15.6 Å². The molecular formula is C16H23NO2. The molecule has 1 aromatic carbocycles. The summed E-state index contributed by atoms with van der Waals surface area (Å²) in [5.41, 5.74) is 2.19. The summed E-state index contributed by atoms with van der Waals surface area (Å²) in [6.45, 7) is 9.85. The first-order chi connectivity index (χ1) is 8.75. The molecule has 3 nitrogen and oxygen atoms in total. The number of carboxylic acid groups (broad SMARTS) is 1. The Morgan fingerprint density at radius 3 is 2.37 bits per heavy atom. The van der Waals surface area contributed by atoms with Crippen LogP contribution in [0.2, 0.25) is 0 Å². The van der Waals surface area contributed by atoms with Crippen molar-refractivity contribution >= 4 is 5.97 Å². The van der Waals surface area contributed by atoms with Gasteiger partial charge in [0.25, 0.3) is 0 Å². The van der Waals surface area contributed by atoms with Crippen molar-refractivity contribution in [2.24, 2.45) is 5.92 Å². The molecule has 104 valence electrons. The van der Waals surface area contributed by atoms with Crippen molar-refractivity contribution in [3.05, 3.63) is 35.4 Å². The fourth-order valence-corrected chi connectivity index (χ4v) is 2.84. The second kappa shape index (κ2) is 4.64. The topological polar surface area (TPSA) is 49.3 Å². The minimum atomic E-state index is -0.715. The Morgan fingerprint density at radius 2 is 1.89 bits per heavy atom. The van der Waals surface area contributed by atoms with Gasteiger partial charge in [-0.25, -0.2) is 0 Å². The fourth-order valence-electron chi connectivity index (χ4n) is 2.84. The summed E-state index contributed by atoms with van der Waals surface area (Å²) in [5.74, 6) is -1.07. The SMILES string of the molecule is CC(C)(C)c1ccc(C2(C)CNCC2C(=O)O)cc1. The third-order valence-corrected chi connectivity index (χ3v) is 4.32. The molecule has 2 unspecified atom stereocenters. The van der Waals surface area contributed by atoms with Crippen LogP contribution in [0.4, 0.5) is 0 Å². The van der Waals surface area contributed by atoms with E-state index in [0.29, 0.717) is 6.54 Å². The molecule has 0 aromatic heterocycles. The highest BCUT2D eigenvalue weighted by Gasteiger charge is 2.44. The van der Waals surface area contributed by atoms with Crippen molar-refractivity contribution in [1.82, 2.24) is 5.32 Å². The predicted molar refractivity (Wildman–Crippen MR) is 76.5 cm³/mol. The van der Waals surface area contributed by atoms with Crippen LogP contribution in [0, 0.1) is 5.92 Å². The summed E-state index contributed by atoms with van der Waals surface area (Å²) in [4.78, 5) is 11.4. The lowest BCUT2D eigenvalue weighted by molar-refractivity contribution is -0.142. The number of aliphatic carboxylic acids is 1. The Bertz CT molecular complexity index is 473. The molecule has 1 aliphatic heterocycles. The third kappa shape index (κ3) is 2.52. The average molecular weight is 261 g/mol. The maximum absolute atomic E-state index is 11.4. The second-order valence-corrected chi connectivity index (χ2v) is 6.77. The lowest BCUT2D eigenvalue weighted by atomic mass is 9.73. The van der Waals surface area contributed by atoms with Gasteiger partial charge in [-0.3, -0.25) is 4.79 Å². The number of nitrogens with one attached hydrogen (secondary N) is 1. The zero-order chi connectivity index (χ0) is 14.3. The summed E-state index contributed by atoms with van der Waals surface area (Å²) in [6.07, 6.45) is 0. The van der Waals surface area contributed by atoms with E-state index in [-0.39, 0.29) is 16.7 Å². The van der Waals surface area contributed by atoms with Crippen LogP contribution >= 0.6 is 0 Å². The van der Waals surface area contributed by atoms with Crippen molar-refractivity contribution in [2.75, 3.05) is 13.1 Å². The van der Waals surface area contributed by atoms with Crippen LogP contribution in [0.25, 0.3) is 0 Å². The summed E-state index contributed by atoms with van der Waals surface area (Å²) in [7, 11) is 0. The molecule has 2 N–H and O–H groups in total. The summed E-state index contributed by atoms with van der Waals surface area (Å²) < 4.78 is 0. The molecule has 3 heteroatoms. The van der Waals surface area contributed by atoms with Gasteiger partial charge in [-0.05, 0) is 16.5 Å². The van der Waals surface area contributed by atoms with Gasteiger partial charge < -0.3 is 10.4 Å². The van der Waals surface area contributed by atoms with E-state index in [9.17, 15) is 9.90 Å². The smallest absolute Gasteiger partial charge is 0.308 e. The Balaban J connectivity index is 2.34. The third-order valence-electron chi connectivity index (χ3n) is 4.32. The molecule has 0 bridgehead atoms. The Hall–Kier alpha value is -1.35. The van der Waals surface area contributed by atoms with Gasteiger partial charge in [0.1, 0.15) is 0 Å². The molecule has 1 aromatic rings. The van der Waals surface area contributed by atoms with Gasteiger partial charge in [-0.2, -0.15) is 0 Å². The molecule has 0 radical (unpaired) electrons. The van der Waals surface area contributed by atoms with E-state index in [1.54, 1.807) is 0 Å². The van der Waals surface area contributed by atoms with Crippen LogP contribution in [0.15, 0.2) is 24.3 Å². The summed E-state index contributed by atoms with van der Waals surface area (Å²) in [6, 6.07) is 8.42. The van der Waals surface area contributed by atoms with E-state index in [1.165, 1.54) is 5.56 Å². The Labute approximate surface area is 115 Å². The first kappa shape index (κ1) is 14.1. The van der Waals surface area contributed by atoms with Gasteiger partial charge in [0.2, 0.25) is 0 Å². The first-order valence-corrected chi connectivity index (χ1v) is 6.80. The predicted octanol–water partition coefficient (Wildman–Crippen LogP) is 2.55. The number of carbonyl (C=O) groups is 1. The molecular weight excluding hydrogens is 238 g/mol. The van der Waals surface area contributed by atoms with E-state index in [1.807, 2.05) is 6.92 Å². The molecule has 0 amide bonds. The van der Waals surface area contributed by atoms with Gasteiger partial charge in [-0.15, -0.1) is 0 Å². The largest absolute Gasteiger partial charge is 0.481 e. The van der Waals surface area contributed by atoms with Crippen molar-refractivity contribution in [2.45, 2.75) is 38.5 Å². The molecule has 1 fully saturated rings. The number of carboxylic acids is 1. The van der Waals surface area contributed by atoms with Crippen LogP contribution in [0.1, 0.15) is 38.8 Å². The number of hydrogen-bond acceptors (Lipinski definition) is 2. The van der Waals surface area contributed by atoms with Crippen LogP contribution < -0.4 is 5.32 Å². The van der Waals surface area contributed by atoms with Gasteiger partial charge in [0.05, 0.1) is 5.92 Å². The number of rotatable bonds is 2. The van der Waals surface area contributed by atoms with Gasteiger partial charge in [0.15, 0.2) is 0 Å². The van der Waals surface area contributed by atoms with E-state index in [4.69, 9.17) is 0 Å². The van der Waals surface area contributed by atoms with Crippen LogP contribution in [0.3, 0.4) is 0 Å². The second-order valence-electron chi connectivity index (χ2n) is 6.77. The minimum Gasteiger partial charge on any atom is -0.481 e. The van der Waals surface area contributed by atoms with Crippen molar-refractivity contribution in [3.8, 4) is 0 Å². The van der Waals surface area contributed by atoms with Gasteiger partial charge >= 0.3 is 5.97 Å². The summed E-state index contributed by atoms with van der Waals surface area (Å²) >= 11 is 0. The van der Waals surface area contributed by atoms with E-state index in [2.05, 4.69) is 50.4 Å². The van der Waals surface area contributed by atoms with Gasteiger partial charge in [0, 0.05) is 18.5 Å². The van der Waals surface area contributed by atoms with E-state index < -0.39 is 5.97 Å². The lowest BCUT2D eigenvalue weighted by Crippen LogP contribution is -2.36. The molecule has 0 saturated carbocycles. The minimum absolute atomic E-state index is 0.125. The highest BCUT2D eigenvalue weighted by atomic mass is 16.4. The molecule has 1 aliphatic rings. The maximum Gasteiger partial charge on any atom is 0.308 e. The molecule has 0 spiro atoms. The number of hydrogen-bond donors (Lipinski definition) is 2. The van der Waals surface area contributed by atoms with Crippen molar-refractivity contribution < 1.29 is 9.90 Å². The highest BCUT2D eigenvalue weighted by Crippen LogP contribution is 2.36. The first-order valence-electron chi connectivity index (χ1n) is 6.80. The average Bonchev–Trinajstić information content (AvgIpc) is 2.72. The van der Waals surface area contributed by atoms with Crippen molar-refractivity contribution in [3.63, 3.8) is 0 Å². The van der Waals surface area contributed by atoms with Crippen LogP contribution in [0.5, 0.6) is 0 Å². The van der Waals surface area contributed by atoms with Crippen molar-refractivity contribution in [1.29, 1.82) is 0 Å². The molecule has 2 atom stereocenters. The van der Waals surface area contributed by atoms with E-state index >= 15 is 0 Å². The Morgan fingerprint density at radius 1 is 1.32 bits per heavy atom. The molecule has 1 saturated heterocycles. The van der Waals surface area contributed by atoms with E-state index in [0.717, 1.165) is 12.1 Å². The zero-order valence-corrected chi connectivity index (χ0v) is 12.2. The maximum atomic E-state index is 11.4. The molecule has 2 rings (SSSR count). The normalized spacial score (nSPS) is 27.5. The Kier molecular flexibility index (Phi) is 3.43. The number of benzene rings is 1. The monoisotopic (exact) mass is 261 g/mol. The molecule has 19 heavy (non-hydrogen) atoms. The standard InChI is InChI=1S/C16H23NO2/c1-15(2,3)11-5-7-12(8-6-11)16(4)10-17-9-13(16)14(18)19/h5-8,13,17H,9-10H2,1-4H3,(H,18,19). The molecule has 1 heterocycles. The quantitative estimate of drug-likeness (QED) is 0.860. The highest BCUT2D eigenvalue weighted by molar-refractivity contribution is 5.73. The lowest BCUT2D eigenvalue weighted by Gasteiger charge is -2.29.